The summed E-state index contributed by atoms with van der Waals surface area (Å²) in [5, 5.41) is 1.06. The summed E-state index contributed by atoms with van der Waals surface area (Å²) in [4.78, 5) is 29.8. The van der Waals surface area contributed by atoms with E-state index in [0.717, 1.165) is 27.7 Å². The van der Waals surface area contributed by atoms with E-state index in [9.17, 15) is 9.59 Å². The third-order valence-corrected chi connectivity index (χ3v) is 4.80. The van der Waals surface area contributed by atoms with Crippen molar-refractivity contribution in [2.75, 3.05) is 13.7 Å². The van der Waals surface area contributed by atoms with Crippen molar-refractivity contribution in [1.29, 1.82) is 0 Å². The van der Waals surface area contributed by atoms with Gasteiger partial charge in [0.05, 0.1) is 13.2 Å². The SMILES string of the molecule is COC(=O)CN1C(=O)c2ccccc2[C@@H]1c1c(C)[nH]c2ccccc12. The largest absolute Gasteiger partial charge is 0.468 e. The quantitative estimate of drug-likeness (QED) is 0.748. The van der Waals surface area contributed by atoms with Gasteiger partial charge in [-0.25, -0.2) is 0 Å². The maximum Gasteiger partial charge on any atom is 0.325 e. The van der Waals surface area contributed by atoms with Gasteiger partial charge in [-0.2, -0.15) is 0 Å². The summed E-state index contributed by atoms with van der Waals surface area (Å²) in [5.74, 6) is -0.570. The summed E-state index contributed by atoms with van der Waals surface area (Å²) in [7, 11) is 1.34. The second-order valence-corrected chi connectivity index (χ2v) is 6.21. The summed E-state index contributed by atoms with van der Waals surface area (Å²) >= 11 is 0. The first kappa shape index (κ1) is 15.4. The highest BCUT2D eigenvalue weighted by molar-refractivity contribution is 6.02. The van der Waals surface area contributed by atoms with Gasteiger partial charge in [0.25, 0.3) is 5.91 Å². The van der Waals surface area contributed by atoms with Crippen LogP contribution < -0.4 is 0 Å². The Hall–Kier alpha value is -3.08. The number of H-pyrrole nitrogens is 1. The number of esters is 1. The zero-order chi connectivity index (χ0) is 17.6. The van der Waals surface area contributed by atoms with Gasteiger partial charge in [0.1, 0.15) is 6.54 Å². The second-order valence-electron chi connectivity index (χ2n) is 6.21. The van der Waals surface area contributed by atoms with Crippen LogP contribution in [-0.2, 0) is 9.53 Å². The number of aromatic nitrogens is 1. The van der Waals surface area contributed by atoms with E-state index in [1.807, 2.05) is 55.5 Å². The molecular formula is C20H18N2O3. The van der Waals surface area contributed by atoms with Crippen LogP contribution in [0.5, 0.6) is 0 Å². The van der Waals surface area contributed by atoms with E-state index in [1.165, 1.54) is 7.11 Å². The van der Waals surface area contributed by atoms with Crippen molar-refractivity contribution in [3.63, 3.8) is 0 Å². The molecule has 0 spiro atoms. The number of hydrogen-bond donors (Lipinski definition) is 1. The van der Waals surface area contributed by atoms with E-state index in [0.29, 0.717) is 5.56 Å². The van der Waals surface area contributed by atoms with Gasteiger partial charge in [-0.3, -0.25) is 9.59 Å². The van der Waals surface area contributed by atoms with Crippen LogP contribution in [-0.4, -0.2) is 35.4 Å². The van der Waals surface area contributed by atoms with Crippen molar-refractivity contribution in [2.45, 2.75) is 13.0 Å². The molecule has 1 atom stereocenters. The molecule has 3 aromatic rings. The predicted molar refractivity (Wildman–Crippen MR) is 94.4 cm³/mol. The number of nitrogens with zero attached hydrogens (tertiary/aromatic N) is 1. The fraction of sp³-hybridized carbons (Fsp3) is 0.200. The zero-order valence-corrected chi connectivity index (χ0v) is 14.1. The van der Waals surface area contributed by atoms with Crippen molar-refractivity contribution < 1.29 is 14.3 Å². The van der Waals surface area contributed by atoms with Gasteiger partial charge in [-0.1, -0.05) is 36.4 Å². The Balaban J connectivity index is 1.93. The van der Waals surface area contributed by atoms with Gasteiger partial charge >= 0.3 is 5.97 Å². The third-order valence-electron chi connectivity index (χ3n) is 4.80. The first-order valence-corrected chi connectivity index (χ1v) is 8.15. The summed E-state index contributed by atoms with van der Waals surface area (Å²) in [6, 6.07) is 15.2. The number of rotatable bonds is 3. The number of aromatic amines is 1. The van der Waals surface area contributed by atoms with Crippen LogP contribution in [0.4, 0.5) is 0 Å². The minimum absolute atomic E-state index is 0.0758. The Bertz CT molecular complexity index is 990. The number of carbonyl (C=O) groups is 2. The third kappa shape index (κ3) is 2.31. The second kappa shape index (κ2) is 5.77. The van der Waals surface area contributed by atoms with Gasteiger partial charge in [0, 0.05) is 27.7 Å². The van der Waals surface area contributed by atoms with E-state index in [2.05, 4.69) is 4.98 Å². The van der Waals surface area contributed by atoms with E-state index in [4.69, 9.17) is 4.74 Å². The molecule has 0 radical (unpaired) electrons. The molecule has 0 unspecified atom stereocenters. The molecule has 2 heterocycles. The molecule has 25 heavy (non-hydrogen) atoms. The number of fused-ring (bicyclic) bond motifs is 2. The minimum Gasteiger partial charge on any atom is -0.468 e. The Morgan fingerprint density at radius 1 is 1.16 bits per heavy atom. The normalized spacial score (nSPS) is 16.3. The van der Waals surface area contributed by atoms with Crippen molar-refractivity contribution in [3.05, 3.63) is 70.9 Å². The number of benzene rings is 2. The average molecular weight is 334 g/mol. The van der Waals surface area contributed by atoms with Gasteiger partial charge < -0.3 is 14.6 Å². The van der Waals surface area contributed by atoms with Crippen molar-refractivity contribution in [3.8, 4) is 0 Å². The van der Waals surface area contributed by atoms with Crippen LogP contribution in [0.15, 0.2) is 48.5 Å². The number of aryl methyl sites for hydroxylation is 1. The average Bonchev–Trinajstić information content (AvgIpc) is 3.09. The molecule has 0 aliphatic carbocycles. The molecule has 2 aromatic carbocycles. The number of amides is 1. The fourth-order valence-electron chi connectivity index (χ4n) is 3.70. The summed E-state index contributed by atoms with van der Waals surface area (Å²) < 4.78 is 4.80. The van der Waals surface area contributed by atoms with Crippen LogP contribution in [0.25, 0.3) is 10.9 Å². The van der Waals surface area contributed by atoms with Crippen molar-refractivity contribution >= 4 is 22.8 Å². The number of carbonyl (C=O) groups excluding carboxylic acids is 2. The molecule has 0 saturated heterocycles. The Kier molecular flexibility index (Phi) is 3.57. The summed E-state index contributed by atoms with van der Waals surface area (Å²) in [6.07, 6.45) is 0. The minimum atomic E-state index is -0.427. The zero-order valence-electron chi connectivity index (χ0n) is 14.1. The summed E-state index contributed by atoms with van der Waals surface area (Å²) in [6.45, 7) is 1.92. The molecule has 0 saturated carbocycles. The maximum atomic E-state index is 12.9. The lowest BCUT2D eigenvalue weighted by Crippen LogP contribution is -2.34. The molecule has 1 aliphatic heterocycles. The lowest BCUT2D eigenvalue weighted by Gasteiger charge is -2.25. The highest BCUT2D eigenvalue weighted by atomic mass is 16.5. The van der Waals surface area contributed by atoms with E-state index < -0.39 is 5.97 Å². The highest BCUT2D eigenvalue weighted by Crippen LogP contribution is 2.42. The molecule has 1 N–H and O–H groups in total. The molecular weight excluding hydrogens is 316 g/mol. The van der Waals surface area contributed by atoms with Gasteiger partial charge in [0.2, 0.25) is 0 Å². The number of para-hydroxylation sites is 1. The number of hydrogen-bond acceptors (Lipinski definition) is 3. The molecule has 1 aliphatic rings. The number of nitrogens with one attached hydrogen (secondary N) is 1. The molecule has 1 aromatic heterocycles. The molecule has 5 nitrogen and oxygen atoms in total. The summed E-state index contributed by atoms with van der Waals surface area (Å²) in [5.41, 5.74) is 4.60. The lowest BCUT2D eigenvalue weighted by atomic mass is 9.95. The van der Waals surface area contributed by atoms with Crippen LogP contribution in [0, 0.1) is 6.92 Å². The monoisotopic (exact) mass is 334 g/mol. The van der Waals surface area contributed by atoms with E-state index in [-0.39, 0.29) is 18.5 Å². The molecule has 1 amide bonds. The highest BCUT2D eigenvalue weighted by Gasteiger charge is 2.40. The topological polar surface area (TPSA) is 62.4 Å². The molecule has 0 bridgehead atoms. The van der Waals surface area contributed by atoms with Crippen LogP contribution in [0.3, 0.4) is 0 Å². The van der Waals surface area contributed by atoms with Crippen molar-refractivity contribution in [1.82, 2.24) is 9.88 Å². The molecule has 126 valence electrons. The smallest absolute Gasteiger partial charge is 0.325 e. The van der Waals surface area contributed by atoms with Gasteiger partial charge in [0.15, 0.2) is 0 Å². The van der Waals surface area contributed by atoms with Crippen LogP contribution in [0.2, 0.25) is 0 Å². The molecule has 5 heteroatoms. The first-order chi connectivity index (χ1) is 12.1. The standard InChI is InChI=1S/C20H18N2O3/c1-12-18(15-9-5-6-10-16(15)21-12)19-13-7-3-4-8-14(13)20(24)22(19)11-17(23)25-2/h3-10,19,21H,11H2,1-2H3/t19-/m1/s1. The Morgan fingerprint density at radius 2 is 1.88 bits per heavy atom. The Morgan fingerprint density at radius 3 is 2.68 bits per heavy atom. The van der Waals surface area contributed by atoms with Crippen LogP contribution >= 0.6 is 0 Å². The van der Waals surface area contributed by atoms with E-state index >= 15 is 0 Å². The molecule has 0 fully saturated rings. The van der Waals surface area contributed by atoms with Gasteiger partial charge in [-0.15, -0.1) is 0 Å². The van der Waals surface area contributed by atoms with E-state index in [1.54, 1.807) is 4.90 Å². The number of ether oxygens (including phenoxy) is 1. The fourth-order valence-corrected chi connectivity index (χ4v) is 3.70. The molecule has 4 rings (SSSR count). The number of methoxy groups -OCH3 is 1. The lowest BCUT2D eigenvalue weighted by molar-refractivity contribution is -0.141. The van der Waals surface area contributed by atoms with Crippen molar-refractivity contribution in [2.24, 2.45) is 0 Å². The maximum absolute atomic E-state index is 12.9. The Labute approximate surface area is 145 Å². The predicted octanol–water partition coefficient (Wildman–Crippen LogP) is 3.19. The van der Waals surface area contributed by atoms with Crippen LogP contribution in [0.1, 0.15) is 33.2 Å². The first-order valence-electron chi connectivity index (χ1n) is 8.15. The van der Waals surface area contributed by atoms with Gasteiger partial charge in [-0.05, 0) is 24.6 Å².